The van der Waals surface area contributed by atoms with Gasteiger partial charge in [-0.05, 0) is 39.1 Å². The van der Waals surface area contributed by atoms with Crippen LogP contribution < -0.4 is 4.74 Å². The zero-order valence-corrected chi connectivity index (χ0v) is 15.5. The van der Waals surface area contributed by atoms with Crippen LogP contribution in [-0.2, 0) is 4.74 Å². The van der Waals surface area contributed by atoms with Gasteiger partial charge in [0.05, 0.1) is 12.7 Å². The number of methoxy groups -OCH3 is 1. The predicted octanol–water partition coefficient (Wildman–Crippen LogP) is 3.45. The van der Waals surface area contributed by atoms with Gasteiger partial charge < -0.3 is 18.8 Å². The molecule has 2 aromatic rings. The summed E-state index contributed by atoms with van der Waals surface area (Å²) in [5.41, 5.74) is 0.356. The van der Waals surface area contributed by atoms with Crippen molar-refractivity contribution in [2.24, 2.45) is 0 Å². The van der Waals surface area contributed by atoms with Crippen LogP contribution in [0.15, 0.2) is 16.5 Å². The summed E-state index contributed by atoms with van der Waals surface area (Å²) in [6.45, 7) is 10.5. The molecule has 1 aromatic heterocycles. The van der Waals surface area contributed by atoms with E-state index in [0.717, 1.165) is 19.6 Å². The third-order valence-electron chi connectivity index (χ3n) is 4.31. The van der Waals surface area contributed by atoms with Gasteiger partial charge in [0.25, 0.3) is 0 Å². The largest absolute Gasteiger partial charge is 0.491 e. The summed E-state index contributed by atoms with van der Waals surface area (Å²) in [4.78, 5) is 26.5. The van der Waals surface area contributed by atoms with Crippen LogP contribution in [0.25, 0.3) is 10.8 Å². The second-order valence-electron chi connectivity index (χ2n) is 5.77. The van der Waals surface area contributed by atoms with Crippen molar-refractivity contribution in [3.05, 3.63) is 29.2 Å². The normalized spacial score (nSPS) is 11.1. The molecule has 0 bridgehead atoms. The molecule has 0 atom stereocenters. The Labute approximate surface area is 147 Å². The van der Waals surface area contributed by atoms with Crippen molar-refractivity contribution in [1.82, 2.24) is 4.90 Å². The minimum atomic E-state index is -0.610. The number of likely N-dealkylation sites (N-methyl/N-ethyl adjacent to an activating group) is 1. The zero-order chi connectivity index (χ0) is 18.6. The van der Waals surface area contributed by atoms with Gasteiger partial charge in [-0.3, -0.25) is 4.79 Å². The highest BCUT2D eigenvalue weighted by atomic mass is 16.5. The number of ketones is 1. The third kappa shape index (κ3) is 3.85. The van der Waals surface area contributed by atoms with Gasteiger partial charge in [-0.1, -0.05) is 13.8 Å². The second kappa shape index (κ2) is 8.16. The number of rotatable bonds is 8. The number of hydrogen-bond acceptors (Lipinski definition) is 6. The van der Waals surface area contributed by atoms with E-state index in [0.29, 0.717) is 34.5 Å². The number of ether oxygens (including phenoxy) is 2. The van der Waals surface area contributed by atoms with E-state index in [2.05, 4.69) is 18.7 Å². The molecule has 25 heavy (non-hydrogen) atoms. The number of benzene rings is 1. The molecule has 1 aromatic carbocycles. The molecule has 0 fully saturated rings. The van der Waals surface area contributed by atoms with E-state index in [1.54, 1.807) is 19.1 Å². The van der Waals surface area contributed by atoms with Gasteiger partial charge in [-0.15, -0.1) is 0 Å². The monoisotopic (exact) mass is 347 g/mol. The minimum Gasteiger partial charge on any atom is -0.491 e. The highest BCUT2D eigenvalue weighted by molar-refractivity contribution is 6.15. The predicted molar refractivity (Wildman–Crippen MR) is 95.6 cm³/mol. The van der Waals surface area contributed by atoms with Crippen LogP contribution in [0.1, 0.15) is 47.4 Å². The van der Waals surface area contributed by atoms with Crippen molar-refractivity contribution in [1.29, 1.82) is 0 Å². The summed E-state index contributed by atoms with van der Waals surface area (Å²) in [6, 6.07) is 3.56. The lowest BCUT2D eigenvalue weighted by atomic mass is 10.0. The SMILES string of the molecule is CCN(CC)CCOc1ccc2c(C)oc(C(=O)OC)c2c1C(C)=O. The number of aryl methyl sites for hydroxylation is 1. The van der Waals surface area contributed by atoms with E-state index in [9.17, 15) is 9.59 Å². The first-order valence-corrected chi connectivity index (χ1v) is 8.45. The summed E-state index contributed by atoms with van der Waals surface area (Å²) in [5, 5.41) is 1.17. The molecule has 0 unspecified atom stereocenters. The van der Waals surface area contributed by atoms with Gasteiger partial charge >= 0.3 is 5.97 Å². The van der Waals surface area contributed by atoms with Crippen molar-refractivity contribution < 1.29 is 23.5 Å². The maximum Gasteiger partial charge on any atom is 0.374 e. The molecule has 0 saturated carbocycles. The topological polar surface area (TPSA) is 69.0 Å². The van der Waals surface area contributed by atoms with Gasteiger partial charge in [0, 0.05) is 17.3 Å². The molecular formula is C19H25NO5. The Morgan fingerprint density at radius 3 is 2.44 bits per heavy atom. The standard InChI is InChI=1S/C19H25NO5/c1-6-20(7-2)10-11-24-15-9-8-14-13(4)25-18(19(22)23-5)17(14)16(15)12(3)21/h8-9H,6-7,10-11H2,1-5H3. The van der Waals surface area contributed by atoms with E-state index in [1.165, 1.54) is 14.0 Å². The van der Waals surface area contributed by atoms with Crippen LogP contribution in [0.5, 0.6) is 5.75 Å². The Morgan fingerprint density at radius 2 is 1.88 bits per heavy atom. The lowest BCUT2D eigenvalue weighted by Crippen LogP contribution is -2.28. The Kier molecular flexibility index (Phi) is 6.20. The van der Waals surface area contributed by atoms with Gasteiger partial charge in [0.1, 0.15) is 18.1 Å². The molecule has 0 radical (unpaired) electrons. The van der Waals surface area contributed by atoms with Crippen LogP contribution in [0, 0.1) is 6.92 Å². The van der Waals surface area contributed by atoms with Crippen molar-refractivity contribution >= 4 is 22.5 Å². The van der Waals surface area contributed by atoms with Crippen LogP contribution in [0.2, 0.25) is 0 Å². The molecule has 0 N–H and O–H groups in total. The van der Waals surface area contributed by atoms with Crippen molar-refractivity contribution in [3.8, 4) is 5.75 Å². The lowest BCUT2D eigenvalue weighted by molar-refractivity contribution is 0.0566. The second-order valence-corrected chi connectivity index (χ2v) is 5.77. The highest BCUT2D eigenvalue weighted by Crippen LogP contribution is 2.35. The third-order valence-corrected chi connectivity index (χ3v) is 4.31. The molecule has 0 saturated heterocycles. The number of carbonyl (C=O) groups excluding carboxylic acids is 2. The summed E-state index contributed by atoms with van der Waals surface area (Å²) < 4.78 is 16.2. The van der Waals surface area contributed by atoms with E-state index >= 15 is 0 Å². The van der Waals surface area contributed by atoms with Crippen molar-refractivity contribution in [2.75, 3.05) is 33.4 Å². The Balaban J connectivity index is 2.46. The molecule has 0 spiro atoms. The molecule has 0 aliphatic heterocycles. The molecule has 6 heteroatoms. The number of carbonyl (C=O) groups is 2. The van der Waals surface area contributed by atoms with E-state index in [1.807, 2.05) is 0 Å². The molecule has 136 valence electrons. The van der Waals surface area contributed by atoms with Gasteiger partial charge in [-0.25, -0.2) is 4.79 Å². The van der Waals surface area contributed by atoms with Crippen molar-refractivity contribution in [2.45, 2.75) is 27.7 Å². The molecular weight excluding hydrogens is 322 g/mol. The van der Waals surface area contributed by atoms with Crippen LogP contribution in [0.4, 0.5) is 0 Å². The number of Topliss-reactive ketones (excluding diaryl/α,β-unsaturated/α-hetero) is 1. The Morgan fingerprint density at radius 1 is 1.20 bits per heavy atom. The summed E-state index contributed by atoms with van der Waals surface area (Å²) in [5.74, 6) is 0.260. The number of esters is 1. The number of nitrogens with zero attached hydrogens (tertiary/aromatic N) is 1. The maximum atomic E-state index is 12.3. The van der Waals surface area contributed by atoms with Crippen LogP contribution in [-0.4, -0.2) is 50.0 Å². The van der Waals surface area contributed by atoms with E-state index < -0.39 is 5.97 Å². The molecule has 2 rings (SSSR count). The smallest absolute Gasteiger partial charge is 0.374 e. The fourth-order valence-corrected chi connectivity index (χ4v) is 2.90. The fraction of sp³-hybridized carbons (Fsp3) is 0.474. The fourth-order valence-electron chi connectivity index (χ4n) is 2.90. The van der Waals surface area contributed by atoms with Crippen LogP contribution in [0.3, 0.4) is 0 Å². The maximum absolute atomic E-state index is 12.3. The zero-order valence-electron chi connectivity index (χ0n) is 15.5. The first kappa shape index (κ1) is 19.0. The average molecular weight is 347 g/mol. The van der Waals surface area contributed by atoms with Gasteiger partial charge in [0.15, 0.2) is 5.78 Å². The highest BCUT2D eigenvalue weighted by Gasteiger charge is 2.25. The quantitative estimate of drug-likeness (QED) is 0.538. The van der Waals surface area contributed by atoms with E-state index in [-0.39, 0.29) is 11.5 Å². The number of furan rings is 1. The molecule has 1 heterocycles. The van der Waals surface area contributed by atoms with E-state index in [4.69, 9.17) is 13.9 Å². The molecule has 0 aliphatic carbocycles. The molecule has 0 amide bonds. The minimum absolute atomic E-state index is 0.0365. The molecule has 6 nitrogen and oxygen atoms in total. The first-order valence-electron chi connectivity index (χ1n) is 8.45. The van der Waals surface area contributed by atoms with Gasteiger partial charge in [0.2, 0.25) is 5.76 Å². The number of hydrogen-bond donors (Lipinski definition) is 0. The first-order chi connectivity index (χ1) is 11.9. The average Bonchev–Trinajstić information content (AvgIpc) is 2.94. The summed E-state index contributed by atoms with van der Waals surface area (Å²) in [7, 11) is 1.28. The number of fused-ring (bicyclic) bond motifs is 1. The van der Waals surface area contributed by atoms with Crippen LogP contribution >= 0.6 is 0 Å². The lowest BCUT2D eigenvalue weighted by Gasteiger charge is -2.19. The molecule has 0 aliphatic rings. The Bertz CT molecular complexity index is 774. The summed E-state index contributed by atoms with van der Waals surface area (Å²) >= 11 is 0. The Hall–Kier alpha value is -2.34. The van der Waals surface area contributed by atoms with Crippen molar-refractivity contribution in [3.63, 3.8) is 0 Å². The van der Waals surface area contributed by atoms with Gasteiger partial charge in [-0.2, -0.15) is 0 Å². The summed E-state index contributed by atoms with van der Waals surface area (Å²) in [6.07, 6.45) is 0.